The lowest BCUT2D eigenvalue weighted by atomic mass is 9.75. The highest BCUT2D eigenvalue weighted by Crippen LogP contribution is 2.39. The van der Waals surface area contributed by atoms with Crippen molar-refractivity contribution in [2.24, 2.45) is 11.8 Å². The van der Waals surface area contributed by atoms with Gasteiger partial charge in [0.15, 0.2) is 5.58 Å². The number of nitrogens with zero attached hydrogens (tertiary/aromatic N) is 4. The first kappa shape index (κ1) is 21.0. The third-order valence-corrected chi connectivity index (χ3v) is 8.41. The van der Waals surface area contributed by atoms with Gasteiger partial charge in [0.1, 0.15) is 6.54 Å². The van der Waals surface area contributed by atoms with Gasteiger partial charge in [0.25, 0.3) is 0 Å². The molecule has 0 saturated carbocycles. The number of likely N-dealkylation sites (tertiary alicyclic amines) is 2. The summed E-state index contributed by atoms with van der Waals surface area (Å²) < 4.78 is 6.71. The van der Waals surface area contributed by atoms with E-state index in [-0.39, 0.29) is 12.5 Å². The van der Waals surface area contributed by atoms with Crippen LogP contribution in [0.3, 0.4) is 0 Å². The van der Waals surface area contributed by atoms with E-state index in [1.54, 1.807) is 6.07 Å². The number of para-hydroxylation sites is 2. The van der Waals surface area contributed by atoms with Crippen molar-refractivity contribution in [2.45, 2.75) is 57.2 Å². The third kappa shape index (κ3) is 3.78. The molecule has 176 valence electrons. The van der Waals surface area contributed by atoms with Crippen LogP contribution in [0.5, 0.6) is 0 Å². The molecule has 8 nitrogen and oxygen atoms in total. The lowest BCUT2D eigenvalue weighted by Crippen LogP contribution is -2.62. The summed E-state index contributed by atoms with van der Waals surface area (Å²) in [7, 11) is 0. The number of hydrogen-bond acceptors (Lipinski definition) is 5. The molecule has 3 atom stereocenters. The Labute approximate surface area is 193 Å². The first-order valence-corrected chi connectivity index (χ1v) is 12.5. The molecule has 4 aliphatic rings. The Kier molecular flexibility index (Phi) is 5.28. The van der Waals surface area contributed by atoms with Crippen LogP contribution in [0.1, 0.15) is 38.5 Å². The molecule has 33 heavy (non-hydrogen) atoms. The molecular weight excluding hydrogens is 420 g/mol. The minimum absolute atomic E-state index is 0.0195. The molecule has 2 bridgehead atoms. The largest absolute Gasteiger partial charge is 0.420 e. The molecule has 4 aliphatic heterocycles. The van der Waals surface area contributed by atoms with Crippen LogP contribution in [0.15, 0.2) is 33.5 Å². The van der Waals surface area contributed by atoms with E-state index in [1.807, 2.05) is 23.1 Å². The van der Waals surface area contributed by atoms with Crippen LogP contribution in [0, 0.1) is 11.8 Å². The van der Waals surface area contributed by atoms with E-state index in [1.165, 1.54) is 11.0 Å². The van der Waals surface area contributed by atoms with Gasteiger partial charge in [-0.25, -0.2) is 4.79 Å². The summed E-state index contributed by atoms with van der Waals surface area (Å²) in [6.45, 7) is 4.57. The zero-order valence-electron chi connectivity index (χ0n) is 19.0. The molecule has 2 amide bonds. The Balaban J connectivity index is 1.07. The second-order valence-corrected chi connectivity index (χ2v) is 10.4. The summed E-state index contributed by atoms with van der Waals surface area (Å²) in [5.41, 5.74) is 1.18. The van der Waals surface area contributed by atoms with Gasteiger partial charge in [-0.05, 0) is 56.1 Å². The first-order chi connectivity index (χ1) is 16.1. The number of aromatic nitrogens is 1. The molecule has 0 aliphatic carbocycles. The van der Waals surface area contributed by atoms with Crippen LogP contribution >= 0.6 is 0 Å². The van der Waals surface area contributed by atoms with Crippen LogP contribution in [0.25, 0.3) is 11.1 Å². The molecule has 0 N–H and O–H groups in total. The molecule has 4 fully saturated rings. The molecule has 5 heterocycles. The number of benzene rings is 1. The van der Waals surface area contributed by atoms with Crippen molar-refractivity contribution >= 4 is 22.9 Å². The zero-order valence-corrected chi connectivity index (χ0v) is 19.0. The Bertz CT molecular complexity index is 1120. The molecule has 0 unspecified atom stereocenters. The first-order valence-electron chi connectivity index (χ1n) is 12.5. The maximum Gasteiger partial charge on any atom is 0.420 e. The van der Waals surface area contributed by atoms with Gasteiger partial charge < -0.3 is 14.2 Å². The highest BCUT2D eigenvalue weighted by Gasteiger charge is 2.45. The second kappa shape index (κ2) is 8.31. The Hall–Kier alpha value is -2.61. The number of hydrogen-bond donors (Lipinski definition) is 0. The molecule has 0 spiro atoms. The fraction of sp³-hybridized carbons (Fsp3) is 0.640. The number of carbonyl (C=O) groups is 2. The quantitative estimate of drug-likeness (QED) is 0.711. The molecule has 6 rings (SSSR count). The van der Waals surface area contributed by atoms with Gasteiger partial charge in [-0.3, -0.25) is 19.1 Å². The number of rotatable bonds is 3. The molecule has 1 aromatic heterocycles. The van der Waals surface area contributed by atoms with E-state index < -0.39 is 5.76 Å². The lowest BCUT2D eigenvalue weighted by molar-refractivity contribution is -0.146. The average Bonchev–Trinajstić information content (AvgIpc) is 3.14. The summed E-state index contributed by atoms with van der Waals surface area (Å²) in [6, 6.07) is 8.17. The van der Waals surface area contributed by atoms with E-state index in [9.17, 15) is 14.4 Å². The Morgan fingerprint density at radius 2 is 1.85 bits per heavy atom. The van der Waals surface area contributed by atoms with E-state index in [0.29, 0.717) is 40.9 Å². The van der Waals surface area contributed by atoms with Crippen LogP contribution in [0.4, 0.5) is 0 Å². The SMILES string of the molecule is O=C(Cn1c(=O)oc2ccccc21)N1CCC(N2C[C@@H]3C[C@H](C2)[C@H]2CCCC(=O)N2C3)CC1. The fourth-order valence-electron chi connectivity index (χ4n) is 6.83. The van der Waals surface area contributed by atoms with Crippen molar-refractivity contribution in [3.05, 3.63) is 34.8 Å². The van der Waals surface area contributed by atoms with Gasteiger partial charge in [-0.2, -0.15) is 0 Å². The van der Waals surface area contributed by atoms with Gasteiger partial charge >= 0.3 is 5.76 Å². The van der Waals surface area contributed by atoms with Crippen molar-refractivity contribution in [2.75, 3.05) is 32.7 Å². The summed E-state index contributed by atoms with van der Waals surface area (Å²) >= 11 is 0. The maximum atomic E-state index is 13.0. The molecule has 1 aromatic carbocycles. The predicted molar refractivity (Wildman–Crippen MR) is 123 cm³/mol. The van der Waals surface area contributed by atoms with Crippen LogP contribution < -0.4 is 5.76 Å². The number of carbonyl (C=O) groups excluding carboxylic acids is 2. The third-order valence-electron chi connectivity index (χ3n) is 8.41. The minimum Gasteiger partial charge on any atom is -0.408 e. The maximum absolute atomic E-state index is 13.0. The van der Waals surface area contributed by atoms with Crippen LogP contribution in [0.2, 0.25) is 0 Å². The van der Waals surface area contributed by atoms with Crippen molar-refractivity contribution in [1.82, 2.24) is 19.3 Å². The topological polar surface area (TPSA) is 79.0 Å². The summed E-state index contributed by atoms with van der Waals surface area (Å²) in [5, 5.41) is 0. The van der Waals surface area contributed by atoms with Crippen LogP contribution in [-0.4, -0.2) is 75.9 Å². The summed E-state index contributed by atoms with van der Waals surface area (Å²) in [4.78, 5) is 44.3. The van der Waals surface area contributed by atoms with Gasteiger partial charge in [0, 0.05) is 51.2 Å². The number of fused-ring (bicyclic) bond motifs is 5. The number of piperidine rings is 4. The summed E-state index contributed by atoms with van der Waals surface area (Å²) in [6.07, 6.45) is 6.13. The lowest BCUT2D eigenvalue weighted by Gasteiger charge is -2.54. The molecule has 4 saturated heterocycles. The Morgan fingerprint density at radius 1 is 1.03 bits per heavy atom. The summed E-state index contributed by atoms with van der Waals surface area (Å²) in [5.74, 6) is 1.06. The van der Waals surface area contributed by atoms with Gasteiger partial charge in [-0.15, -0.1) is 0 Å². The van der Waals surface area contributed by atoms with E-state index >= 15 is 0 Å². The molecule has 2 aromatic rings. The minimum atomic E-state index is -0.477. The number of amides is 2. The van der Waals surface area contributed by atoms with Gasteiger partial charge in [0.05, 0.1) is 5.52 Å². The monoisotopic (exact) mass is 452 g/mol. The number of oxazole rings is 1. The smallest absolute Gasteiger partial charge is 0.408 e. The predicted octanol–water partition coefficient (Wildman–Crippen LogP) is 1.92. The zero-order chi connectivity index (χ0) is 22.5. The molecule has 0 radical (unpaired) electrons. The van der Waals surface area contributed by atoms with Crippen molar-refractivity contribution in [3.63, 3.8) is 0 Å². The molecular formula is C25H32N4O4. The van der Waals surface area contributed by atoms with Gasteiger partial charge in [0.2, 0.25) is 11.8 Å². The van der Waals surface area contributed by atoms with E-state index in [2.05, 4.69) is 9.80 Å². The van der Waals surface area contributed by atoms with E-state index in [4.69, 9.17) is 4.42 Å². The normalized spacial score (nSPS) is 28.8. The highest BCUT2D eigenvalue weighted by atomic mass is 16.4. The van der Waals surface area contributed by atoms with Crippen molar-refractivity contribution < 1.29 is 14.0 Å². The fourth-order valence-corrected chi connectivity index (χ4v) is 6.83. The standard InChI is InChI=1S/C25H32N4O4/c30-23-7-3-5-20-18-12-17(14-28(20)23)13-27(15-18)19-8-10-26(11-9-19)24(31)16-29-21-4-1-2-6-22(21)33-25(29)32/h1-2,4,6,17-20H,3,5,7-16H2/t17-,18+,20+/m0/s1. The van der Waals surface area contributed by atoms with E-state index in [0.717, 1.165) is 64.8 Å². The van der Waals surface area contributed by atoms with Crippen LogP contribution in [-0.2, 0) is 16.1 Å². The van der Waals surface area contributed by atoms with Crippen molar-refractivity contribution in [1.29, 1.82) is 0 Å². The highest BCUT2D eigenvalue weighted by molar-refractivity contribution is 5.79. The second-order valence-electron chi connectivity index (χ2n) is 10.4. The molecule has 8 heteroatoms. The Morgan fingerprint density at radius 3 is 2.70 bits per heavy atom. The average molecular weight is 453 g/mol. The van der Waals surface area contributed by atoms with Crippen molar-refractivity contribution in [3.8, 4) is 0 Å². The van der Waals surface area contributed by atoms with Gasteiger partial charge in [-0.1, -0.05) is 12.1 Å².